The van der Waals surface area contributed by atoms with E-state index in [4.69, 9.17) is 6.57 Å². The topological polar surface area (TPSA) is 7.60 Å². The van der Waals surface area contributed by atoms with E-state index < -0.39 is 0 Å². The van der Waals surface area contributed by atoms with E-state index in [2.05, 4.69) is 4.85 Å². The normalized spacial score (nSPS) is 11.8. The maximum Gasteiger partial charge on any atom is 0.245 e. The average molecular weight is 174 g/mol. The second kappa shape index (κ2) is 3.95. The number of nitrogens with zero attached hydrogens (tertiary/aromatic N) is 2. The van der Waals surface area contributed by atoms with Crippen molar-refractivity contribution in [1.29, 1.82) is 0 Å². The van der Waals surface area contributed by atoms with Gasteiger partial charge in [0.1, 0.15) is 0 Å². The van der Waals surface area contributed by atoms with Crippen molar-refractivity contribution in [2.45, 2.75) is 13.0 Å². The minimum absolute atomic E-state index is 0.0313. The first-order valence-corrected chi connectivity index (χ1v) is 4.29. The molecule has 0 spiro atoms. The summed E-state index contributed by atoms with van der Waals surface area (Å²) in [5.41, 5.74) is 2.25. The molecular formula is C11H14N2. The quantitative estimate of drug-likeness (QED) is 0.625. The fraction of sp³-hybridized carbons (Fsp3) is 0.364. The van der Waals surface area contributed by atoms with E-state index >= 15 is 0 Å². The molecule has 0 aliphatic heterocycles. The minimum atomic E-state index is -0.0313. The maximum atomic E-state index is 6.90. The van der Waals surface area contributed by atoms with E-state index in [1.54, 1.807) is 0 Å². The molecule has 0 amide bonds. The van der Waals surface area contributed by atoms with Crippen molar-refractivity contribution in [3.8, 4) is 0 Å². The first-order valence-electron chi connectivity index (χ1n) is 4.29. The first kappa shape index (κ1) is 9.60. The van der Waals surface area contributed by atoms with Crippen LogP contribution >= 0.6 is 0 Å². The van der Waals surface area contributed by atoms with Crippen LogP contribution in [0.3, 0.4) is 0 Å². The summed E-state index contributed by atoms with van der Waals surface area (Å²) >= 11 is 0. The largest absolute Gasteiger partial charge is 0.378 e. The second-order valence-corrected chi connectivity index (χ2v) is 3.29. The van der Waals surface area contributed by atoms with Crippen molar-refractivity contribution in [3.05, 3.63) is 41.2 Å². The summed E-state index contributed by atoms with van der Waals surface area (Å²) in [5, 5.41) is 0. The molecule has 0 aliphatic carbocycles. The number of hydrogen-bond acceptors (Lipinski definition) is 1. The predicted octanol–water partition coefficient (Wildman–Crippen LogP) is 2.73. The van der Waals surface area contributed by atoms with Crippen LogP contribution in [0, 0.1) is 6.57 Å². The first-order chi connectivity index (χ1) is 6.15. The lowest BCUT2D eigenvalue weighted by Crippen LogP contribution is -2.08. The van der Waals surface area contributed by atoms with Gasteiger partial charge in [-0.2, -0.15) is 0 Å². The Balaban J connectivity index is 2.89. The summed E-state index contributed by atoms with van der Waals surface area (Å²) in [6.45, 7) is 8.81. The predicted molar refractivity (Wildman–Crippen MR) is 55.8 cm³/mol. The molecule has 0 saturated carbocycles. The monoisotopic (exact) mass is 174 g/mol. The van der Waals surface area contributed by atoms with Gasteiger partial charge in [0.2, 0.25) is 6.04 Å². The Morgan fingerprint density at radius 1 is 1.23 bits per heavy atom. The fourth-order valence-electron chi connectivity index (χ4n) is 1.13. The molecule has 0 aromatic heterocycles. The molecule has 2 heteroatoms. The summed E-state index contributed by atoms with van der Waals surface area (Å²) in [6.07, 6.45) is 0. The van der Waals surface area contributed by atoms with Crippen molar-refractivity contribution < 1.29 is 0 Å². The Hall–Kier alpha value is -1.49. The molecule has 1 rings (SSSR count). The Bertz CT molecular complexity index is 306. The van der Waals surface area contributed by atoms with Crippen LogP contribution in [-0.2, 0) is 0 Å². The SMILES string of the molecule is [C-]#[N+]C(C)c1ccc(N(C)C)cc1. The summed E-state index contributed by atoms with van der Waals surface area (Å²) in [5.74, 6) is 0. The summed E-state index contributed by atoms with van der Waals surface area (Å²) in [7, 11) is 4.01. The van der Waals surface area contributed by atoms with Crippen LogP contribution in [-0.4, -0.2) is 14.1 Å². The van der Waals surface area contributed by atoms with Gasteiger partial charge >= 0.3 is 0 Å². The maximum absolute atomic E-state index is 6.90. The lowest BCUT2D eigenvalue weighted by Gasteiger charge is -2.12. The standard InChI is InChI=1S/C11H14N2/c1-9(12-2)10-5-7-11(8-6-10)13(3)4/h5-9H,1,3-4H3. The van der Waals surface area contributed by atoms with Crippen LogP contribution in [0.5, 0.6) is 0 Å². The number of rotatable bonds is 2. The molecule has 1 aromatic carbocycles. The van der Waals surface area contributed by atoms with Crippen LogP contribution in [0.2, 0.25) is 0 Å². The van der Waals surface area contributed by atoms with Gasteiger partial charge in [0.25, 0.3) is 0 Å². The van der Waals surface area contributed by atoms with Gasteiger partial charge in [0, 0.05) is 32.3 Å². The molecular weight excluding hydrogens is 160 g/mol. The third-order valence-corrected chi connectivity index (χ3v) is 2.09. The molecule has 0 aliphatic rings. The summed E-state index contributed by atoms with van der Waals surface area (Å²) < 4.78 is 0. The zero-order valence-electron chi connectivity index (χ0n) is 8.28. The van der Waals surface area contributed by atoms with Crippen LogP contribution in [0.25, 0.3) is 4.85 Å². The van der Waals surface area contributed by atoms with Gasteiger partial charge in [0.05, 0.1) is 0 Å². The average Bonchev–Trinajstić information content (AvgIpc) is 2.17. The van der Waals surface area contributed by atoms with Gasteiger partial charge in [-0.15, -0.1) is 0 Å². The van der Waals surface area contributed by atoms with Crippen LogP contribution in [0.4, 0.5) is 5.69 Å². The second-order valence-electron chi connectivity index (χ2n) is 3.29. The molecule has 0 saturated heterocycles. The van der Waals surface area contributed by atoms with E-state index in [0.29, 0.717) is 0 Å². The van der Waals surface area contributed by atoms with Crippen molar-refractivity contribution in [3.63, 3.8) is 0 Å². The highest BCUT2D eigenvalue weighted by Crippen LogP contribution is 2.19. The van der Waals surface area contributed by atoms with Crippen molar-refractivity contribution >= 4 is 5.69 Å². The summed E-state index contributed by atoms with van der Waals surface area (Å²) in [4.78, 5) is 5.52. The van der Waals surface area contributed by atoms with Crippen molar-refractivity contribution in [2.24, 2.45) is 0 Å². The number of hydrogen-bond donors (Lipinski definition) is 0. The molecule has 0 radical (unpaired) electrons. The Kier molecular flexibility index (Phi) is 2.92. The zero-order valence-corrected chi connectivity index (χ0v) is 8.28. The molecule has 68 valence electrons. The molecule has 0 fully saturated rings. The van der Waals surface area contributed by atoms with E-state index in [1.165, 1.54) is 5.69 Å². The number of anilines is 1. The van der Waals surface area contributed by atoms with E-state index in [9.17, 15) is 0 Å². The van der Waals surface area contributed by atoms with Gasteiger partial charge in [-0.3, -0.25) is 0 Å². The highest BCUT2D eigenvalue weighted by atomic mass is 15.1. The lowest BCUT2D eigenvalue weighted by atomic mass is 10.1. The van der Waals surface area contributed by atoms with Gasteiger partial charge in [-0.05, 0) is 24.3 Å². The third-order valence-electron chi connectivity index (χ3n) is 2.09. The molecule has 13 heavy (non-hydrogen) atoms. The van der Waals surface area contributed by atoms with E-state index in [0.717, 1.165) is 5.56 Å². The molecule has 0 heterocycles. The van der Waals surface area contributed by atoms with Crippen molar-refractivity contribution in [1.82, 2.24) is 0 Å². The lowest BCUT2D eigenvalue weighted by molar-refractivity contribution is 0.960. The summed E-state index contributed by atoms with van der Waals surface area (Å²) in [6, 6.07) is 8.07. The molecule has 2 nitrogen and oxygen atoms in total. The third kappa shape index (κ3) is 2.22. The van der Waals surface area contributed by atoms with Gasteiger partial charge in [-0.25, -0.2) is 6.57 Å². The number of benzene rings is 1. The van der Waals surface area contributed by atoms with Crippen LogP contribution < -0.4 is 4.90 Å². The molecule has 1 atom stereocenters. The van der Waals surface area contributed by atoms with Gasteiger partial charge in [-0.1, -0.05) is 0 Å². The van der Waals surface area contributed by atoms with Crippen LogP contribution in [0.15, 0.2) is 24.3 Å². The van der Waals surface area contributed by atoms with Gasteiger partial charge < -0.3 is 9.74 Å². The minimum Gasteiger partial charge on any atom is -0.378 e. The molecule has 1 unspecified atom stereocenters. The molecule has 0 N–H and O–H groups in total. The highest BCUT2D eigenvalue weighted by molar-refractivity contribution is 5.46. The fourth-order valence-corrected chi connectivity index (χ4v) is 1.13. The Morgan fingerprint density at radius 3 is 2.15 bits per heavy atom. The van der Waals surface area contributed by atoms with Gasteiger partial charge in [0.15, 0.2) is 0 Å². The molecule has 1 aromatic rings. The zero-order chi connectivity index (χ0) is 9.84. The van der Waals surface area contributed by atoms with E-state index in [1.807, 2.05) is 50.2 Å². The Morgan fingerprint density at radius 2 is 1.77 bits per heavy atom. The van der Waals surface area contributed by atoms with Crippen LogP contribution in [0.1, 0.15) is 18.5 Å². The molecule has 0 bridgehead atoms. The van der Waals surface area contributed by atoms with E-state index in [-0.39, 0.29) is 6.04 Å². The Labute approximate surface area is 79.6 Å². The smallest absolute Gasteiger partial charge is 0.245 e. The highest BCUT2D eigenvalue weighted by Gasteiger charge is 2.07. The van der Waals surface area contributed by atoms with Crippen molar-refractivity contribution in [2.75, 3.05) is 19.0 Å².